The summed E-state index contributed by atoms with van der Waals surface area (Å²) in [6.07, 6.45) is 0. The van der Waals surface area contributed by atoms with Gasteiger partial charge >= 0.3 is 0 Å². The van der Waals surface area contributed by atoms with E-state index in [9.17, 15) is 9.59 Å². The van der Waals surface area contributed by atoms with Gasteiger partial charge in [0, 0.05) is 11.4 Å². The Morgan fingerprint density at radius 1 is 0.967 bits per heavy atom. The lowest BCUT2D eigenvalue weighted by atomic mass is 10.2. The van der Waals surface area contributed by atoms with Crippen molar-refractivity contribution in [2.75, 3.05) is 24.4 Å². The summed E-state index contributed by atoms with van der Waals surface area (Å²) in [5.74, 6) is 0.730. The average Bonchev–Trinajstić information content (AvgIpc) is 3.10. The predicted molar refractivity (Wildman–Crippen MR) is 112 cm³/mol. The van der Waals surface area contributed by atoms with Crippen LogP contribution in [0.2, 0.25) is 0 Å². The van der Waals surface area contributed by atoms with Gasteiger partial charge in [-0.3, -0.25) is 9.59 Å². The van der Waals surface area contributed by atoms with Crippen molar-refractivity contribution in [2.24, 2.45) is 0 Å². The van der Waals surface area contributed by atoms with E-state index in [2.05, 4.69) is 20.9 Å². The van der Waals surface area contributed by atoms with Crippen molar-refractivity contribution in [1.82, 2.24) is 15.0 Å². The minimum atomic E-state index is -0.407. The maximum absolute atomic E-state index is 12.5. The molecule has 2 amide bonds. The molecule has 0 aliphatic rings. The minimum Gasteiger partial charge on any atom is -0.497 e. The first-order chi connectivity index (χ1) is 14.5. The van der Waals surface area contributed by atoms with E-state index < -0.39 is 5.91 Å². The highest BCUT2D eigenvalue weighted by molar-refractivity contribution is 6.03. The SMILES string of the molecule is CCOc1ccc(NC(=O)Cn2nnc(C(=O)Nc3ccc(OC)cc3)c2C)cc1. The number of nitrogens with zero attached hydrogens (tertiary/aromatic N) is 3. The van der Waals surface area contributed by atoms with E-state index in [4.69, 9.17) is 9.47 Å². The van der Waals surface area contributed by atoms with E-state index in [0.717, 1.165) is 5.75 Å². The van der Waals surface area contributed by atoms with Crippen LogP contribution in [0.15, 0.2) is 48.5 Å². The van der Waals surface area contributed by atoms with Crippen LogP contribution in [0.5, 0.6) is 11.5 Å². The summed E-state index contributed by atoms with van der Waals surface area (Å²) in [5.41, 5.74) is 1.88. The summed E-state index contributed by atoms with van der Waals surface area (Å²) >= 11 is 0. The first-order valence-corrected chi connectivity index (χ1v) is 9.38. The fourth-order valence-corrected chi connectivity index (χ4v) is 2.72. The lowest BCUT2D eigenvalue weighted by Gasteiger charge is -2.08. The van der Waals surface area contributed by atoms with Gasteiger partial charge in [-0.1, -0.05) is 5.21 Å². The number of hydrogen-bond acceptors (Lipinski definition) is 6. The summed E-state index contributed by atoms with van der Waals surface area (Å²) in [6.45, 7) is 4.10. The molecule has 9 heteroatoms. The Hall–Kier alpha value is -3.88. The van der Waals surface area contributed by atoms with Crippen LogP contribution in [0.3, 0.4) is 0 Å². The van der Waals surface area contributed by atoms with Crippen LogP contribution < -0.4 is 20.1 Å². The molecule has 9 nitrogen and oxygen atoms in total. The molecule has 156 valence electrons. The Kier molecular flexibility index (Phi) is 6.63. The number of benzene rings is 2. The maximum atomic E-state index is 12.5. The fourth-order valence-electron chi connectivity index (χ4n) is 2.72. The highest BCUT2D eigenvalue weighted by Gasteiger charge is 2.18. The number of hydrogen-bond donors (Lipinski definition) is 2. The fraction of sp³-hybridized carbons (Fsp3) is 0.238. The zero-order chi connectivity index (χ0) is 21.5. The number of ether oxygens (including phenoxy) is 2. The monoisotopic (exact) mass is 409 g/mol. The molecule has 0 unspecified atom stereocenters. The number of aromatic nitrogens is 3. The molecule has 0 aliphatic heterocycles. The lowest BCUT2D eigenvalue weighted by molar-refractivity contribution is -0.117. The normalized spacial score (nSPS) is 10.4. The van der Waals surface area contributed by atoms with E-state index in [1.54, 1.807) is 62.6 Å². The van der Waals surface area contributed by atoms with Crippen LogP contribution in [0, 0.1) is 6.92 Å². The Bertz CT molecular complexity index is 1010. The molecule has 0 saturated carbocycles. The van der Waals surface area contributed by atoms with Gasteiger partial charge in [-0.05, 0) is 62.4 Å². The predicted octanol–water partition coefficient (Wildman–Crippen LogP) is 2.88. The summed E-state index contributed by atoms with van der Waals surface area (Å²) < 4.78 is 11.9. The Morgan fingerprint density at radius 2 is 1.57 bits per heavy atom. The molecule has 2 N–H and O–H groups in total. The molecule has 1 aromatic heterocycles. The van der Waals surface area contributed by atoms with Crippen molar-refractivity contribution in [1.29, 1.82) is 0 Å². The van der Waals surface area contributed by atoms with Gasteiger partial charge in [0.1, 0.15) is 18.0 Å². The topological polar surface area (TPSA) is 107 Å². The maximum Gasteiger partial charge on any atom is 0.278 e. The molecule has 1 heterocycles. The largest absolute Gasteiger partial charge is 0.497 e. The van der Waals surface area contributed by atoms with E-state index in [1.165, 1.54) is 4.68 Å². The van der Waals surface area contributed by atoms with Gasteiger partial charge in [0.2, 0.25) is 5.91 Å². The number of carbonyl (C=O) groups is 2. The highest BCUT2D eigenvalue weighted by Crippen LogP contribution is 2.17. The second-order valence-corrected chi connectivity index (χ2v) is 6.37. The van der Waals surface area contributed by atoms with Crippen LogP contribution in [-0.2, 0) is 11.3 Å². The van der Waals surface area contributed by atoms with E-state index in [1.807, 2.05) is 6.92 Å². The average molecular weight is 409 g/mol. The Labute approximate surface area is 174 Å². The summed E-state index contributed by atoms with van der Waals surface area (Å²) in [7, 11) is 1.57. The third-order valence-corrected chi connectivity index (χ3v) is 4.29. The van der Waals surface area contributed by atoms with Crippen LogP contribution in [0.4, 0.5) is 11.4 Å². The number of anilines is 2. The van der Waals surface area contributed by atoms with Gasteiger partial charge in [0.25, 0.3) is 5.91 Å². The molecule has 0 radical (unpaired) electrons. The number of rotatable bonds is 8. The van der Waals surface area contributed by atoms with E-state index in [0.29, 0.717) is 29.4 Å². The van der Waals surface area contributed by atoms with E-state index >= 15 is 0 Å². The first-order valence-electron chi connectivity index (χ1n) is 9.38. The van der Waals surface area contributed by atoms with Gasteiger partial charge in [-0.25, -0.2) is 4.68 Å². The molecule has 2 aromatic carbocycles. The molecule has 0 atom stereocenters. The van der Waals surface area contributed by atoms with Crippen LogP contribution in [-0.4, -0.2) is 40.5 Å². The number of methoxy groups -OCH3 is 1. The molecule has 30 heavy (non-hydrogen) atoms. The van der Waals surface area contributed by atoms with Gasteiger partial charge in [0.15, 0.2) is 5.69 Å². The second-order valence-electron chi connectivity index (χ2n) is 6.37. The van der Waals surface area contributed by atoms with Crippen molar-refractivity contribution in [3.8, 4) is 11.5 Å². The third kappa shape index (κ3) is 5.13. The minimum absolute atomic E-state index is 0.0676. The molecule has 0 spiro atoms. The Balaban J connectivity index is 1.60. The molecule has 0 saturated heterocycles. The van der Waals surface area contributed by atoms with E-state index in [-0.39, 0.29) is 18.1 Å². The van der Waals surface area contributed by atoms with Gasteiger partial charge < -0.3 is 20.1 Å². The smallest absolute Gasteiger partial charge is 0.278 e. The Morgan fingerprint density at radius 3 is 2.17 bits per heavy atom. The molecular formula is C21H23N5O4. The van der Waals surface area contributed by atoms with Crippen molar-refractivity contribution in [3.63, 3.8) is 0 Å². The van der Waals surface area contributed by atoms with Crippen molar-refractivity contribution < 1.29 is 19.1 Å². The zero-order valence-corrected chi connectivity index (χ0v) is 17.0. The highest BCUT2D eigenvalue weighted by atomic mass is 16.5. The van der Waals surface area contributed by atoms with Gasteiger partial charge in [-0.15, -0.1) is 5.10 Å². The number of nitrogens with one attached hydrogen (secondary N) is 2. The lowest BCUT2D eigenvalue weighted by Crippen LogP contribution is -2.21. The molecule has 0 fully saturated rings. The summed E-state index contributed by atoms with van der Waals surface area (Å²) in [4.78, 5) is 24.8. The zero-order valence-electron chi connectivity index (χ0n) is 17.0. The molecular weight excluding hydrogens is 386 g/mol. The quantitative estimate of drug-likeness (QED) is 0.592. The van der Waals surface area contributed by atoms with Gasteiger partial charge in [0.05, 0.1) is 19.4 Å². The summed E-state index contributed by atoms with van der Waals surface area (Å²) in [6, 6.07) is 14.0. The second kappa shape index (κ2) is 9.55. The standard InChI is InChI=1S/C21H23N5O4/c1-4-30-18-11-7-15(8-12-18)22-19(27)13-26-14(2)20(24-25-26)21(28)23-16-5-9-17(29-3)10-6-16/h5-12H,4,13H2,1-3H3,(H,22,27)(H,23,28). The number of carbonyl (C=O) groups excluding carboxylic acids is 2. The van der Waals surface area contributed by atoms with Crippen LogP contribution in [0.25, 0.3) is 0 Å². The van der Waals surface area contributed by atoms with Crippen molar-refractivity contribution in [3.05, 3.63) is 59.9 Å². The van der Waals surface area contributed by atoms with Crippen LogP contribution in [0.1, 0.15) is 23.1 Å². The summed E-state index contributed by atoms with van der Waals surface area (Å²) in [5, 5.41) is 13.4. The van der Waals surface area contributed by atoms with Gasteiger partial charge in [-0.2, -0.15) is 0 Å². The molecule has 0 aliphatic carbocycles. The van der Waals surface area contributed by atoms with Crippen molar-refractivity contribution >= 4 is 23.2 Å². The first kappa shape index (κ1) is 20.8. The van der Waals surface area contributed by atoms with Crippen molar-refractivity contribution in [2.45, 2.75) is 20.4 Å². The third-order valence-electron chi connectivity index (χ3n) is 4.29. The molecule has 0 bridgehead atoms. The van der Waals surface area contributed by atoms with Crippen LogP contribution >= 0.6 is 0 Å². The number of amides is 2. The molecule has 3 aromatic rings. The molecule has 3 rings (SSSR count).